The van der Waals surface area contributed by atoms with Crippen LogP contribution in [-0.4, -0.2) is 36.7 Å². The molecule has 0 radical (unpaired) electrons. The van der Waals surface area contributed by atoms with E-state index >= 15 is 0 Å². The minimum absolute atomic E-state index is 0.164. The molecule has 20 heavy (non-hydrogen) atoms. The van der Waals surface area contributed by atoms with Crippen molar-refractivity contribution in [3.63, 3.8) is 0 Å². The van der Waals surface area contributed by atoms with E-state index in [1.54, 1.807) is 13.8 Å². The molecule has 0 atom stereocenters. The fourth-order valence-corrected chi connectivity index (χ4v) is 3.51. The van der Waals surface area contributed by atoms with Crippen LogP contribution < -0.4 is 4.72 Å². The molecule has 114 valence electrons. The van der Waals surface area contributed by atoms with E-state index in [0.717, 1.165) is 6.07 Å². The molecule has 0 aliphatic heterocycles. The maximum atomic E-state index is 12.1. The third-order valence-electron chi connectivity index (χ3n) is 3.06. The number of carbonyl (C=O) groups is 1. The van der Waals surface area contributed by atoms with Gasteiger partial charge in [-0.2, -0.15) is 0 Å². The fourth-order valence-electron chi connectivity index (χ4n) is 1.45. The van der Waals surface area contributed by atoms with E-state index < -0.39 is 27.4 Å². The largest absolute Gasteiger partial charge is 0.475 e. The van der Waals surface area contributed by atoms with E-state index in [2.05, 4.69) is 20.7 Å². The van der Waals surface area contributed by atoms with Gasteiger partial charge in [0, 0.05) is 12.6 Å². The van der Waals surface area contributed by atoms with Crippen LogP contribution in [0.3, 0.4) is 0 Å². The second kappa shape index (κ2) is 6.25. The van der Waals surface area contributed by atoms with E-state index in [-0.39, 0.29) is 16.1 Å². The predicted octanol–water partition coefficient (Wildman–Crippen LogP) is 1.57. The molecule has 0 bridgehead atoms. The molecule has 1 rings (SSSR count). The lowest BCUT2D eigenvalue weighted by atomic mass is 9.98. The summed E-state index contributed by atoms with van der Waals surface area (Å²) < 4.78 is 31.0. The van der Waals surface area contributed by atoms with Crippen LogP contribution in [0.2, 0.25) is 0 Å². The van der Waals surface area contributed by atoms with Crippen LogP contribution in [0, 0.1) is 0 Å². The highest BCUT2D eigenvalue weighted by Gasteiger charge is 2.29. The van der Waals surface area contributed by atoms with Gasteiger partial charge in [-0.15, -0.1) is 0 Å². The first-order valence-corrected chi connectivity index (χ1v) is 8.17. The van der Waals surface area contributed by atoms with Crippen LogP contribution in [-0.2, 0) is 10.0 Å². The molecule has 0 aliphatic rings. The maximum absolute atomic E-state index is 12.1. The first-order valence-electron chi connectivity index (χ1n) is 5.90. The lowest BCUT2D eigenvalue weighted by Gasteiger charge is -2.25. The highest BCUT2D eigenvalue weighted by molar-refractivity contribution is 9.10. The smallest absolute Gasteiger partial charge is 0.371 e. The first kappa shape index (κ1) is 17.2. The van der Waals surface area contributed by atoms with Crippen molar-refractivity contribution in [2.45, 2.75) is 37.2 Å². The van der Waals surface area contributed by atoms with Crippen molar-refractivity contribution in [1.82, 2.24) is 4.72 Å². The summed E-state index contributed by atoms with van der Waals surface area (Å²) in [6, 6.07) is 0.908. The predicted molar refractivity (Wildman–Crippen MR) is 74.1 cm³/mol. The Balaban J connectivity index is 2.98. The summed E-state index contributed by atoms with van der Waals surface area (Å²) in [7, 11) is -3.97. The summed E-state index contributed by atoms with van der Waals surface area (Å²) in [6.07, 6.45) is 0.776. The van der Waals surface area contributed by atoms with E-state index in [1.165, 1.54) is 0 Å². The SMILES string of the molecule is CCC(O)(CC)CNS(=O)(=O)c1cc(C(=O)O)oc1Br. The Morgan fingerprint density at radius 3 is 2.40 bits per heavy atom. The summed E-state index contributed by atoms with van der Waals surface area (Å²) in [6.45, 7) is 3.32. The fraction of sp³-hybridized carbons (Fsp3) is 0.545. The summed E-state index contributed by atoms with van der Waals surface area (Å²) in [5.74, 6) is -1.86. The Morgan fingerprint density at radius 1 is 1.45 bits per heavy atom. The van der Waals surface area contributed by atoms with Crippen molar-refractivity contribution in [1.29, 1.82) is 0 Å². The molecule has 0 unspecified atom stereocenters. The average molecular weight is 370 g/mol. The lowest BCUT2D eigenvalue weighted by molar-refractivity contribution is 0.0377. The number of carboxylic acids is 1. The number of furan rings is 1. The number of sulfonamides is 1. The normalized spacial score (nSPS) is 12.6. The zero-order valence-electron chi connectivity index (χ0n) is 11.0. The monoisotopic (exact) mass is 369 g/mol. The number of nitrogens with one attached hydrogen (secondary N) is 1. The first-order chi connectivity index (χ1) is 9.15. The summed E-state index contributed by atoms with van der Waals surface area (Å²) in [5.41, 5.74) is -1.14. The molecule has 1 aromatic rings. The second-order valence-electron chi connectivity index (χ2n) is 4.31. The number of halogens is 1. The molecular weight excluding hydrogens is 354 g/mol. The Hall–Kier alpha value is -0.900. The number of aliphatic hydroxyl groups is 1. The lowest BCUT2D eigenvalue weighted by Crippen LogP contribution is -2.41. The third kappa shape index (κ3) is 3.81. The number of hydrogen-bond acceptors (Lipinski definition) is 5. The maximum Gasteiger partial charge on any atom is 0.371 e. The number of carboxylic acid groups (broad SMARTS) is 1. The zero-order chi connectivity index (χ0) is 15.6. The molecule has 1 heterocycles. The van der Waals surface area contributed by atoms with E-state index in [1.807, 2.05) is 0 Å². The molecule has 9 heteroatoms. The van der Waals surface area contributed by atoms with Crippen LogP contribution >= 0.6 is 15.9 Å². The number of hydrogen-bond donors (Lipinski definition) is 3. The molecule has 0 aromatic carbocycles. The van der Waals surface area contributed by atoms with Crippen LogP contribution in [0.1, 0.15) is 37.2 Å². The van der Waals surface area contributed by atoms with E-state index in [9.17, 15) is 18.3 Å². The van der Waals surface area contributed by atoms with Gasteiger partial charge in [0.05, 0.1) is 5.60 Å². The van der Waals surface area contributed by atoms with Crippen molar-refractivity contribution in [3.8, 4) is 0 Å². The highest BCUT2D eigenvalue weighted by atomic mass is 79.9. The molecule has 0 spiro atoms. The highest BCUT2D eigenvalue weighted by Crippen LogP contribution is 2.26. The van der Waals surface area contributed by atoms with Gasteiger partial charge in [-0.25, -0.2) is 17.9 Å². The van der Waals surface area contributed by atoms with Gasteiger partial charge in [0.1, 0.15) is 4.90 Å². The molecule has 1 aromatic heterocycles. The number of rotatable bonds is 7. The Labute approximate surface area is 125 Å². The Kier molecular flexibility index (Phi) is 5.36. The summed E-state index contributed by atoms with van der Waals surface area (Å²) in [4.78, 5) is 10.4. The second-order valence-corrected chi connectivity index (χ2v) is 6.77. The molecule has 3 N–H and O–H groups in total. The van der Waals surface area contributed by atoms with E-state index in [0.29, 0.717) is 12.8 Å². The Morgan fingerprint density at radius 2 is 2.00 bits per heavy atom. The molecule has 0 saturated carbocycles. The quantitative estimate of drug-likeness (QED) is 0.671. The van der Waals surface area contributed by atoms with Gasteiger partial charge >= 0.3 is 5.97 Å². The van der Waals surface area contributed by atoms with E-state index in [4.69, 9.17) is 9.52 Å². The van der Waals surface area contributed by atoms with Crippen LogP contribution in [0.25, 0.3) is 0 Å². The summed E-state index contributed by atoms with van der Waals surface area (Å²) in [5, 5.41) is 18.8. The molecule has 0 aliphatic carbocycles. The molecule has 0 fully saturated rings. The van der Waals surface area contributed by atoms with Crippen molar-refractivity contribution in [2.24, 2.45) is 0 Å². The third-order valence-corrected chi connectivity index (χ3v) is 5.32. The minimum Gasteiger partial charge on any atom is -0.475 e. The van der Waals surface area contributed by atoms with Gasteiger partial charge in [-0.3, -0.25) is 0 Å². The summed E-state index contributed by atoms with van der Waals surface area (Å²) >= 11 is 2.86. The van der Waals surface area contributed by atoms with Gasteiger partial charge in [-0.05, 0) is 28.8 Å². The number of aromatic carboxylic acids is 1. The van der Waals surface area contributed by atoms with Crippen LogP contribution in [0.4, 0.5) is 0 Å². The molecular formula is C11H16BrNO6S. The van der Waals surface area contributed by atoms with Gasteiger partial charge in [0.15, 0.2) is 4.67 Å². The molecule has 0 amide bonds. The Bertz CT molecular complexity index is 590. The zero-order valence-corrected chi connectivity index (χ0v) is 13.4. The van der Waals surface area contributed by atoms with Gasteiger partial charge in [0.25, 0.3) is 0 Å². The van der Waals surface area contributed by atoms with Crippen molar-refractivity contribution >= 4 is 31.9 Å². The van der Waals surface area contributed by atoms with Gasteiger partial charge in [0.2, 0.25) is 15.8 Å². The van der Waals surface area contributed by atoms with Gasteiger partial charge < -0.3 is 14.6 Å². The average Bonchev–Trinajstić information content (AvgIpc) is 2.79. The standard InChI is InChI=1S/C11H16BrNO6S/c1-3-11(16,4-2)6-13-20(17,18)8-5-7(10(14)15)19-9(8)12/h5,13,16H,3-4,6H2,1-2H3,(H,14,15). The topological polar surface area (TPSA) is 117 Å². The molecule has 7 nitrogen and oxygen atoms in total. The van der Waals surface area contributed by atoms with Crippen molar-refractivity contribution in [3.05, 3.63) is 16.5 Å². The van der Waals surface area contributed by atoms with Crippen LogP contribution in [0.15, 0.2) is 20.0 Å². The molecule has 0 saturated heterocycles. The van der Waals surface area contributed by atoms with Crippen LogP contribution in [0.5, 0.6) is 0 Å². The minimum atomic E-state index is -3.97. The van der Waals surface area contributed by atoms with Crippen molar-refractivity contribution < 1.29 is 27.8 Å². The van der Waals surface area contributed by atoms with Gasteiger partial charge in [-0.1, -0.05) is 13.8 Å². The van der Waals surface area contributed by atoms with Crippen molar-refractivity contribution in [2.75, 3.05) is 6.54 Å².